The predicted octanol–water partition coefficient (Wildman–Crippen LogP) is -0.405. The second kappa shape index (κ2) is 4.91. The Hall–Kier alpha value is -0.660. The third kappa shape index (κ3) is 3.17. The normalized spacial score (nSPS) is 23.6. The van der Waals surface area contributed by atoms with Crippen molar-refractivity contribution >= 4 is 15.8 Å². The van der Waals surface area contributed by atoms with Gasteiger partial charge in [-0.15, -0.1) is 0 Å². The summed E-state index contributed by atoms with van der Waals surface area (Å²) in [6.45, 7) is 4.16. The van der Waals surface area contributed by atoms with Gasteiger partial charge in [0.15, 0.2) is 14.6 Å². The van der Waals surface area contributed by atoms with Crippen molar-refractivity contribution in [1.82, 2.24) is 4.90 Å². The molecule has 0 bridgehead atoms. The molecule has 6 nitrogen and oxygen atoms in total. The van der Waals surface area contributed by atoms with Gasteiger partial charge in [-0.1, -0.05) is 0 Å². The fourth-order valence-electron chi connectivity index (χ4n) is 1.55. The Morgan fingerprint density at radius 1 is 1.53 bits per heavy atom. The van der Waals surface area contributed by atoms with Crippen LogP contribution in [0.2, 0.25) is 0 Å². The number of hydrogen-bond donors (Lipinski definition) is 1. The van der Waals surface area contributed by atoms with Crippen LogP contribution in [-0.4, -0.2) is 67.7 Å². The minimum Gasteiger partial charge on any atom is -0.480 e. The van der Waals surface area contributed by atoms with Crippen molar-refractivity contribution < 1.29 is 23.1 Å². The van der Waals surface area contributed by atoms with Gasteiger partial charge in [0.25, 0.3) is 0 Å². The zero-order chi connectivity index (χ0) is 13.3. The third-order valence-electron chi connectivity index (χ3n) is 3.04. The molecule has 1 atom stereocenters. The first kappa shape index (κ1) is 14.4. The number of hydrogen-bond acceptors (Lipinski definition) is 5. The van der Waals surface area contributed by atoms with Gasteiger partial charge in [-0.25, -0.2) is 8.42 Å². The van der Waals surface area contributed by atoms with E-state index in [9.17, 15) is 13.2 Å². The molecule has 7 heteroatoms. The van der Waals surface area contributed by atoms with Crippen molar-refractivity contribution in [3.05, 3.63) is 0 Å². The molecule has 1 unspecified atom stereocenters. The lowest BCUT2D eigenvalue weighted by Gasteiger charge is -2.31. The van der Waals surface area contributed by atoms with Crippen molar-refractivity contribution in [3.8, 4) is 0 Å². The Labute approximate surface area is 101 Å². The largest absolute Gasteiger partial charge is 0.480 e. The average molecular weight is 265 g/mol. The van der Waals surface area contributed by atoms with Gasteiger partial charge in [0.05, 0.1) is 18.5 Å². The molecule has 1 aliphatic heterocycles. The van der Waals surface area contributed by atoms with E-state index in [2.05, 4.69) is 0 Å². The van der Waals surface area contributed by atoms with E-state index in [0.29, 0.717) is 13.2 Å². The molecule has 17 heavy (non-hydrogen) atoms. The molecule has 100 valence electrons. The molecule has 1 N–H and O–H groups in total. The number of sulfone groups is 1. The number of carboxylic acid groups (broad SMARTS) is 1. The van der Waals surface area contributed by atoms with Crippen molar-refractivity contribution in [3.63, 3.8) is 0 Å². The Kier molecular flexibility index (Phi) is 4.16. The Morgan fingerprint density at radius 2 is 2.12 bits per heavy atom. The maximum Gasteiger partial charge on any atom is 0.324 e. The van der Waals surface area contributed by atoms with Crippen LogP contribution in [0.4, 0.5) is 0 Å². The summed E-state index contributed by atoms with van der Waals surface area (Å²) in [5, 5.41) is 8.93. The molecule has 0 spiro atoms. The molecule has 0 aromatic heterocycles. The second-order valence-corrected chi connectivity index (χ2v) is 7.44. The zero-order valence-electron chi connectivity index (χ0n) is 10.3. The molecule has 0 amide bonds. The summed E-state index contributed by atoms with van der Waals surface area (Å²) in [6, 6.07) is 0. The van der Waals surface area contributed by atoms with E-state index in [0.717, 1.165) is 6.54 Å². The van der Waals surface area contributed by atoms with Crippen LogP contribution in [0, 0.1) is 0 Å². The van der Waals surface area contributed by atoms with E-state index in [1.165, 1.54) is 13.8 Å². The van der Waals surface area contributed by atoms with Gasteiger partial charge in [0, 0.05) is 13.1 Å². The highest BCUT2D eigenvalue weighted by Crippen LogP contribution is 2.20. The molecule has 0 saturated carbocycles. The highest BCUT2D eigenvalue weighted by atomic mass is 32.2. The van der Waals surface area contributed by atoms with E-state index in [4.69, 9.17) is 9.84 Å². The number of rotatable bonds is 4. The highest BCUT2D eigenvalue weighted by molar-refractivity contribution is 7.93. The second-order valence-electron chi connectivity index (χ2n) is 4.85. The first-order valence-electron chi connectivity index (χ1n) is 5.42. The van der Waals surface area contributed by atoms with Gasteiger partial charge < -0.3 is 14.7 Å². The number of carbonyl (C=O) groups is 1. The van der Waals surface area contributed by atoms with Crippen LogP contribution in [0.25, 0.3) is 0 Å². The maximum atomic E-state index is 12.0. The van der Waals surface area contributed by atoms with Crippen molar-refractivity contribution in [1.29, 1.82) is 0 Å². The van der Waals surface area contributed by atoms with E-state index in [1.807, 2.05) is 11.9 Å². The van der Waals surface area contributed by atoms with Gasteiger partial charge in [-0.05, 0) is 20.9 Å². The lowest BCUT2D eigenvalue weighted by Crippen LogP contribution is -2.49. The number of likely N-dealkylation sites (N-methyl/N-ethyl adjacent to an activating group) is 1. The van der Waals surface area contributed by atoms with Crippen molar-refractivity contribution in [2.75, 3.05) is 32.5 Å². The van der Waals surface area contributed by atoms with Gasteiger partial charge in [0.2, 0.25) is 0 Å². The van der Waals surface area contributed by atoms with Crippen LogP contribution < -0.4 is 0 Å². The SMILES string of the molecule is CN1CCOC(CS(=O)(=O)C(C)(C)C(=O)O)C1. The lowest BCUT2D eigenvalue weighted by atomic mass is 10.2. The summed E-state index contributed by atoms with van der Waals surface area (Å²) in [5.41, 5.74) is 0. The smallest absolute Gasteiger partial charge is 0.324 e. The molecule has 1 aliphatic rings. The number of morpholine rings is 1. The molecular formula is C10H19NO5S. The zero-order valence-corrected chi connectivity index (χ0v) is 11.2. The predicted molar refractivity (Wildman–Crippen MR) is 62.7 cm³/mol. The number of nitrogens with zero attached hydrogens (tertiary/aromatic N) is 1. The van der Waals surface area contributed by atoms with Gasteiger partial charge in [-0.2, -0.15) is 0 Å². The topological polar surface area (TPSA) is 83.9 Å². The Bertz CT molecular complexity index is 390. The number of carboxylic acids is 1. The van der Waals surface area contributed by atoms with Crippen LogP contribution in [0.3, 0.4) is 0 Å². The first-order chi connectivity index (χ1) is 7.67. The summed E-state index contributed by atoms with van der Waals surface area (Å²) in [6.07, 6.45) is -0.447. The van der Waals surface area contributed by atoms with Crippen LogP contribution in [0.1, 0.15) is 13.8 Å². The molecule has 1 fully saturated rings. The molecule has 0 aliphatic carbocycles. The highest BCUT2D eigenvalue weighted by Gasteiger charge is 2.43. The van der Waals surface area contributed by atoms with Gasteiger partial charge >= 0.3 is 5.97 Å². The molecule has 0 radical (unpaired) electrons. The van der Waals surface area contributed by atoms with E-state index in [1.54, 1.807) is 0 Å². The minimum absolute atomic E-state index is 0.253. The average Bonchev–Trinajstić information content (AvgIpc) is 2.16. The fraction of sp³-hybridized carbons (Fsp3) is 0.900. The van der Waals surface area contributed by atoms with E-state index < -0.39 is 26.7 Å². The summed E-state index contributed by atoms with van der Waals surface area (Å²) in [4.78, 5) is 12.9. The maximum absolute atomic E-state index is 12.0. The van der Waals surface area contributed by atoms with Crippen LogP contribution in [0.15, 0.2) is 0 Å². The van der Waals surface area contributed by atoms with E-state index in [-0.39, 0.29) is 5.75 Å². The lowest BCUT2D eigenvalue weighted by molar-refractivity contribution is -0.139. The number of ether oxygens (including phenoxy) is 1. The summed E-state index contributed by atoms with van der Waals surface area (Å²) in [5.74, 6) is -1.59. The van der Waals surface area contributed by atoms with Crippen LogP contribution in [-0.2, 0) is 19.4 Å². The van der Waals surface area contributed by atoms with Gasteiger partial charge in [0.1, 0.15) is 0 Å². The minimum atomic E-state index is -3.73. The van der Waals surface area contributed by atoms with Crippen molar-refractivity contribution in [2.45, 2.75) is 24.7 Å². The summed E-state index contributed by atoms with van der Waals surface area (Å²) in [7, 11) is -1.85. The molecule has 1 heterocycles. The van der Waals surface area contributed by atoms with E-state index >= 15 is 0 Å². The van der Waals surface area contributed by atoms with Crippen LogP contribution in [0.5, 0.6) is 0 Å². The standard InChI is InChI=1S/C10H19NO5S/c1-10(2,9(12)13)17(14,15)7-8-6-11(3)4-5-16-8/h8H,4-7H2,1-3H3,(H,12,13). The molecule has 0 aromatic carbocycles. The molecular weight excluding hydrogens is 246 g/mol. The molecule has 1 rings (SSSR count). The number of aliphatic carboxylic acids is 1. The fourth-order valence-corrected chi connectivity index (χ4v) is 2.93. The van der Waals surface area contributed by atoms with Crippen LogP contribution >= 0.6 is 0 Å². The van der Waals surface area contributed by atoms with Gasteiger partial charge in [-0.3, -0.25) is 4.79 Å². The van der Waals surface area contributed by atoms with Crippen molar-refractivity contribution in [2.24, 2.45) is 0 Å². The molecule has 1 saturated heterocycles. The Balaban J connectivity index is 2.76. The first-order valence-corrected chi connectivity index (χ1v) is 7.08. The quantitative estimate of drug-likeness (QED) is 0.744. The Morgan fingerprint density at radius 3 is 2.59 bits per heavy atom. The third-order valence-corrected chi connectivity index (χ3v) is 5.58. The molecule has 0 aromatic rings. The summed E-state index contributed by atoms with van der Waals surface area (Å²) < 4.78 is 27.6. The summed E-state index contributed by atoms with van der Waals surface area (Å²) >= 11 is 0. The monoisotopic (exact) mass is 265 g/mol.